The van der Waals surface area contributed by atoms with Gasteiger partial charge in [0.05, 0.1) is 6.10 Å². The van der Waals surface area contributed by atoms with Crippen LogP contribution in [0.3, 0.4) is 0 Å². The Bertz CT molecular complexity index is 286. The van der Waals surface area contributed by atoms with Crippen molar-refractivity contribution in [2.45, 2.75) is 64.1 Å². The monoisotopic (exact) mass is 286 g/mol. The molecule has 2 nitrogen and oxygen atoms in total. The summed E-state index contributed by atoms with van der Waals surface area (Å²) in [7, 11) is -3.55. The second-order valence-electron chi connectivity index (χ2n) is 5.03. The fraction of sp³-hybridized carbons (Fsp3) is 1.00. The Balaban J connectivity index is 2.60. The molecule has 1 rings (SSSR count). The molecule has 0 amide bonds. The van der Waals surface area contributed by atoms with Gasteiger partial charge in [0.15, 0.2) is 0 Å². The lowest BCUT2D eigenvalue weighted by molar-refractivity contribution is -0.108. The third kappa shape index (κ3) is 6.24. The van der Waals surface area contributed by atoms with E-state index in [4.69, 9.17) is 4.52 Å². The Morgan fingerprint density at radius 1 is 1.22 bits per heavy atom. The van der Waals surface area contributed by atoms with E-state index in [2.05, 4.69) is 0 Å². The molecular formula is C12H22F3O2P. The number of unbranched alkanes of at least 4 members (excludes halogenated alkanes) is 1. The summed E-state index contributed by atoms with van der Waals surface area (Å²) in [4.78, 5) is 0. The maximum atomic E-state index is 12.5. The van der Waals surface area contributed by atoms with Crippen LogP contribution in [-0.4, -0.2) is 24.6 Å². The van der Waals surface area contributed by atoms with E-state index >= 15 is 0 Å². The van der Waals surface area contributed by atoms with Gasteiger partial charge in [-0.1, -0.05) is 32.6 Å². The molecule has 1 atom stereocenters. The lowest BCUT2D eigenvalue weighted by atomic mass is 9.98. The minimum Gasteiger partial charge on any atom is -0.325 e. The van der Waals surface area contributed by atoms with Gasteiger partial charge in [0.2, 0.25) is 7.37 Å². The number of halogens is 3. The van der Waals surface area contributed by atoms with Crippen LogP contribution in [0.4, 0.5) is 13.2 Å². The van der Waals surface area contributed by atoms with Crippen LogP contribution in [0.2, 0.25) is 0 Å². The van der Waals surface area contributed by atoms with E-state index in [0.29, 0.717) is 6.42 Å². The molecule has 108 valence electrons. The van der Waals surface area contributed by atoms with Crippen LogP contribution in [0.25, 0.3) is 0 Å². The highest BCUT2D eigenvalue weighted by Gasteiger charge is 2.40. The summed E-state index contributed by atoms with van der Waals surface area (Å²) in [6, 6.07) is 0. The van der Waals surface area contributed by atoms with Crippen LogP contribution in [0.5, 0.6) is 0 Å². The summed E-state index contributed by atoms with van der Waals surface area (Å²) in [5.74, 6) is 0. The van der Waals surface area contributed by atoms with Crippen molar-refractivity contribution >= 4 is 7.37 Å². The standard InChI is InChI=1S/C12H22F3O2P/c1-2-3-9-18(16,10-12(13,14)15)17-11-7-5-4-6-8-11/h11H,2-10H2,1H3. The first kappa shape index (κ1) is 16.0. The van der Waals surface area contributed by atoms with Crippen molar-refractivity contribution in [1.82, 2.24) is 0 Å². The van der Waals surface area contributed by atoms with Crippen molar-refractivity contribution in [2.75, 3.05) is 12.3 Å². The Morgan fingerprint density at radius 2 is 1.83 bits per heavy atom. The normalized spacial score (nSPS) is 21.8. The van der Waals surface area contributed by atoms with Crippen molar-refractivity contribution in [3.63, 3.8) is 0 Å². The molecule has 1 fully saturated rings. The Morgan fingerprint density at radius 3 is 2.33 bits per heavy atom. The number of rotatable bonds is 6. The van der Waals surface area contributed by atoms with Gasteiger partial charge in [0.1, 0.15) is 6.16 Å². The van der Waals surface area contributed by atoms with Crippen LogP contribution in [-0.2, 0) is 9.09 Å². The lowest BCUT2D eigenvalue weighted by Crippen LogP contribution is -2.22. The first-order valence-corrected chi connectivity index (χ1v) is 8.67. The van der Waals surface area contributed by atoms with Crippen LogP contribution in [0.1, 0.15) is 51.9 Å². The predicted octanol–water partition coefficient (Wildman–Crippen LogP) is 4.98. The molecule has 1 saturated carbocycles. The van der Waals surface area contributed by atoms with E-state index in [-0.39, 0.29) is 12.3 Å². The first-order chi connectivity index (χ1) is 8.35. The first-order valence-electron chi connectivity index (χ1n) is 6.68. The lowest BCUT2D eigenvalue weighted by Gasteiger charge is -2.28. The summed E-state index contributed by atoms with van der Waals surface area (Å²) in [5, 5.41) is 0. The SMILES string of the molecule is CCCCP(=O)(CC(F)(F)F)OC1CCCCC1. The van der Waals surface area contributed by atoms with E-state index in [1.807, 2.05) is 6.92 Å². The molecule has 0 bridgehead atoms. The van der Waals surface area contributed by atoms with Crippen molar-refractivity contribution in [1.29, 1.82) is 0 Å². The smallest absolute Gasteiger partial charge is 0.325 e. The predicted molar refractivity (Wildman–Crippen MR) is 66.3 cm³/mol. The van der Waals surface area contributed by atoms with E-state index in [9.17, 15) is 17.7 Å². The van der Waals surface area contributed by atoms with Gasteiger partial charge in [0.25, 0.3) is 0 Å². The molecule has 0 aliphatic heterocycles. The number of hydrogen-bond acceptors (Lipinski definition) is 2. The summed E-state index contributed by atoms with van der Waals surface area (Å²) < 4.78 is 55.1. The average Bonchev–Trinajstić information content (AvgIpc) is 2.25. The van der Waals surface area contributed by atoms with Gasteiger partial charge < -0.3 is 4.52 Å². The van der Waals surface area contributed by atoms with Crippen molar-refractivity contribution in [2.24, 2.45) is 0 Å². The number of alkyl halides is 3. The highest BCUT2D eigenvalue weighted by atomic mass is 31.2. The largest absolute Gasteiger partial charge is 0.397 e. The fourth-order valence-electron chi connectivity index (χ4n) is 2.28. The average molecular weight is 286 g/mol. The summed E-state index contributed by atoms with van der Waals surface area (Å²) in [5.41, 5.74) is 0. The molecule has 1 aliphatic carbocycles. The molecule has 0 aromatic carbocycles. The zero-order chi connectivity index (χ0) is 13.6. The molecule has 6 heteroatoms. The zero-order valence-electron chi connectivity index (χ0n) is 10.8. The quantitative estimate of drug-likeness (QED) is 0.644. The second-order valence-corrected chi connectivity index (χ2v) is 7.63. The second kappa shape index (κ2) is 6.95. The fourth-order valence-corrected chi connectivity index (χ4v) is 4.72. The van der Waals surface area contributed by atoms with Gasteiger partial charge in [-0.05, 0) is 19.3 Å². The Labute approximate surface area is 107 Å². The van der Waals surface area contributed by atoms with Crippen LogP contribution in [0.15, 0.2) is 0 Å². The molecule has 0 N–H and O–H groups in total. The maximum absolute atomic E-state index is 12.5. The van der Waals surface area contributed by atoms with E-state index in [1.54, 1.807) is 0 Å². The molecule has 0 aromatic heterocycles. The van der Waals surface area contributed by atoms with Gasteiger partial charge in [-0.2, -0.15) is 13.2 Å². The molecule has 0 aromatic rings. The van der Waals surface area contributed by atoms with Crippen molar-refractivity contribution < 1.29 is 22.3 Å². The zero-order valence-corrected chi connectivity index (χ0v) is 11.7. The molecule has 0 heterocycles. The van der Waals surface area contributed by atoms with Gasteiger partial charge in [-0.3, -0.25) is 4.57 Å². The summed E-state index contributed by atoms with van der Waals surface area (Å²) >= 11 is 0. The van der Waals surface area contributed by atoms with E-state index < -0.39 is 19.7 Å². The van der Waals surface area contributed by atoms with Gasteiger partial charge >= 0.3 is 6.18 Å². The molecule has 1 unspecified atom stereocenters. The Hall–Kier alpha value is -0.0200. The van der Waals surface area contributed by atoms with Gasteiger partial charge in [-0.25, -0.2) is 0 Å². The highest BCUT2D eigenvalue weighted by molar-refractivity contribution is 7.59. The summed E-state index contributed by atoms with van der Waals surface area (Å²) in [6.07, 6.45) is -0.0807. The van der Waals surface area contributed by atoms with E-state index in [1.165, 1.54) is 0 Å². The topological polar surface area (TPSA) is 26.3 Å². The molecule has 18 heavy (non-hydrogen) atoms. The molecule has 0 radical (unpaired) electrons. The molecule has 1 aliphatic rings. The summed E-state index contributed by atoms with van der Waals surface area (Å²) in [6.45, 7) is 1.87. The van der Waals surface area contributed by atoms with Crippen molar-refractivity contribution in [3.8, 4) is 0 Å². The van der Waals surface area contributed by atoms with Crippen LogP contribution >= 0.6 is 7.37 Å². The van der Waals surface area contributed by atoms with Gasteiger partial charge in [-0.15, -0.1) is 0 Å². The molecular weight excluding hydrogens is 264 g/mol. The van der Waals surface area contributed by atoms with Crippen LogP contribution in [0, 0.1) is 0 Å². The third-order valence-electron chi connectivity index (χ3n) is 3.17. The van der Waals surface area contributed by atoms with Gasteiger partial charge in [0, 0.05) is 6.16 Å². The Kier molecular flexibility index (Phi) is 6.19. The highest BCUT2D eigenvalue weighted by Crippen LogP contribution is 2.53. The number of hydrogen-bond donors (Lipinski definition) is 0. The third-order valence-corrected chi connectivity index (χ3v) is 5.69. The van der Waals surface area contributed by atoms with Crippen molar-refractivity contribution in [3.05, 3.63) is 0 Å². The molecule has 0 saturated heterocycles. The van der Waals surface area contributed by atoms with Crippen LogP contribution < -0.4 is 0 Å². The minimum atomic E-state index is -4.40. The van der Waals surface area contributed by atoms with E-state index in [0.717, 1.165) is 38.5 Å². The maximum Gasteiger partial charge on any atom is 0.397 e. The molecule has 0 spiro atoms. The minimum absolute atomic E-state index is 0.0551.